The van der Waals surface area contributed by atoms with Crippen LogP contribution >= 0.6 is 0 Å². The van der Waals surface area contributed by atoms with Crippen molar-refractivity contribution in [1.29, 1.82) is 0 Å². The lowest BCUT2D eigenvalue weighted by Crippen LogP contribution is -2.51. The minimum Gasteiger partial charge on any atom is -0.444 e. The van der Waals surface area contributed by atoms with Gasteiger partial charge in [0.25, 0.3) is 0 Å². The fraction of sp³-hybridized carbons (Fsp3) is 0.867. The van der Waals surface area contributed by atoms with Gasteiger partial charge < -0.3 is 9.53 Å². The maximum Gasteiger partial charge on any atom is 0.410 e. The summed E-state index contributed by atoms with van der Waals surface area (Å²) in [7, 11) is 1.64. The second-order valence-electron chi connectivity index (χ2n) is 7.03. The molecule has 0 aromatic heterocycles. The Bertz CT molecular complexity index is 344. The highest BCUT2D eigenvalue weighted by Gasteiger charge is 2.39. The Morgan fingerprint density at radius 3 is 2.26 bits per heavy atom. The molecule has 1 amide bonds. The van der Waals surface area contributed by atoms with Crippen LogP contribution < -0.4 is 0 Å². The van der Waals surface area contributed by atoms with Gasteiger partial charge in [-0.3, -0.25) is 4.90 Å². The van der Waals surface area contributed by atoms with Gasteiger partial charge in [0.15, 0.2) is 0 Å². The van der Waals surface area contributed by atoms with E-state index in [0.29, 0.717) is 18.3 Å². The molecule has 1 saturated carbocycles. The summed E-state index contributed by atoms with van der Waals surface area (Å²) < 4.78 is 5.33. The molecule has 4 nitrogen and oxygen atoms in total. The van der Waals surface area contributed by atoms with Crippen LogP contribution in [0.4, 0.5) is 4.79 Å². The Kier molecular flexibility index (Phi) is 4.64. The molecule has 0 aromatic rings. The molecule has 0 aliphatic heterocycles. The lowest BCUT2D eigenvalue weighted by Gasteiger charge is -2.37. The minimum atomic E-state index is -0.787. The van der Waals surface area contributed by atoms with Crippen LogP contribution in [0.2, 0.25) is 0 Å². The molecule has 19 heavy (non-hydrogen) atoms. The first-order valence-corrected chi connectivity index (χ1v) is 7.02. The zero-order chi connectivity index (χ0) is 14.8. The van der Waals surface area contributed by atoms with Crippen molar-refractivity contribution in [1.82, 2.24) is 4.90 Å². The molecule has 0 spiro atoms. The number of carbonyl (C=O) groups excluding carboxylic acids is 2. The van der Waals surface area contributed by atoms with Gasteiger partial charge in [-0.25, -0.2) is 4.79 Å². The highest BCUT2D eigenvalue weighted by molar-refractivity contribution is 5.76. The number of rotatable bonds is 5. The monoisotopic (exact) mass is 269 g/mol. The minimum absolute atomic E-state index is 0.440. The predicted molar refractivity (Wildman–Crippen MR) is 75.0 cm³/mol. The van der Waals surface area contributed by atoms with Crippen molar-refractivity contribution in [3.63, 3.8) is 0 Å². The van der Waals surface area contributed by atoms with E-state index in [0.717, 1.165) is 6.29 Å². The van der Waals surface area contributed by atoms with Crippen LogP contribution in [0, 0.1) is 11.8 Å². The molecule has 0 saturated heterocycles. The molecule has 0 bridgehead atoms. The van der Waals surface area contributed by atoms with E-state index in [-0.39, 0.29) is 0 Å². The number of hydrogen-bond acceptors (Lipinski definition) is 3. The molecule has 1 aliphatic rings. The van der Waals surface area contributed by atoms with E-state index < -0.39 is 17.2 Å². The van der Waals surface area contributed by atoms with Gasteiger partial charge in [-0.15, -0.1) is 0 Å². The molecule has 0 heterocycles. The topological polar surface area (TPSA) is 46.6 Å². The van der Waals surface area contributed by atoms with Crippen molar-refractivity contribution < 1.29 is 14.3 Å². The lowest BCUT2D eigenvalue weighted by molar-refractivity contribution is -0.118. The van der Waals surface area contributed by atoms with Crippen molar-refractivity contribution in [2.45, 2.75) is 65.0 Å². The summed E-state index contributed by atoms with van der Waals surface area (Å²) in [6, 6.07) is 0. The number of aldehydes is 1. The van der Waals surface area contributed by atoms with Crippen molar-refractivity contribution in [3.8, 4) is 0 Å². The van der Waals surface area contributed by atoms with E-state index in [1.165, 1.54) is 17.7 Å². The van der Waals surface area contributed by atoms with Gasteiger partial charge in [0.2, 0.25) is 0 Å². The molecule has 2 unspecified atom stereocenters. The fourth-order valence-electron chi connectivity index (χ4n) is 2.29. The van der Waals surface area contributed by atoms with Crippen LogP contribution in [-0.2, 0) is 9.53 Å². The summed E-state index contributed by atoms with van der Waals surface area (Å²) in [5.41, 5.74) is -1.33. The van der Waals surface area contributed by atoms with E-state index in [4.69, 9.17) is 4.74 Å². The summed E-state index contributed by atoms with van der Waals surface area (Å²) in [5, 5.41) is 0. The van der Waals surface area contributed by atoms with Crippen LogP contribution in [0.25, 0.3) is 0 Å². The van der Waals surface area contributed by atoms with Crippen LogP contribution in [0.1, 0.15) is 53.9 Å². The molecule has 110 valence electrons. The maximum atomic E-state index is 12.1. The standard InChI is InChI=1S/C15H27NO3/c1-11(12-7-8-12)9-15(5,10-17)16(6)13(18)19-14(2,3)4/h10-12H,7-9H2,1-6H3. The molecule has 1 fully saturated rings. The van der Waals surface area contributed by atoms with Gasteiger partial charge in [-0.05, 0) is 58.8 Å². The summed E-state index contributed by atoms with van der Waals surface area (Å²) in [4.78, 5) is 25.0. The summed E-state index contributed by atoms with van der Waals surface area (Å²) in [5.74, 6) is 1.17. The highest BCUT2D eigenvalue weighted by Crippen LogP contribution is 2.40. The molecule has 1 rings (SSSR count). The van der Waals surface area contributed by atoms with Crippen molar-refractivity contribution >= 4 is 12.4 Å². The SMILES string of the molecule is CC(CC(C)(C=O)N(C)C(=O)OC(C)(C)C)C1CC1. The molecule has 4 heteroatoms. The van der Waals surface area contributed by atoms with Gasteiger partial charge in [-0.1, -0.05) is 6.92 Å². The Morgan fingerprint density at radius 1 is 1.37 bits per heavy atom. The summed E-state index contributed by atoms with van der Waals surface area (Å²) in [6.45, 7) is 9.43. The zero-order valence-electron chi connectivity index (χ0n) is 13.0. The van der Waals surface area contributed by atoms with E-state index in [9.17, 15) is 9.59 Å². The zero-order valence-corrected chi connectivity index (χ0v) is 13.0. The third-order valence-corrected chi connectivity index (χ3v) is 3.85. The summed E-state index contributed by atoms with van der Waals surface area (Å²) >= 11 is 0. The Labute approximate surface area is 116 Å². The van der Waals surface area contributed by atoms with E-state index in [1.807, 2.05) is 27.7 Å². The molecule has 0 N–H and O–H groups in total. The Balaban J connectivity index is 2.70. The maximum absolute atomic E-state index is 12.1. The summed E-state index contributed by atoms with van der Waals surface area (Å²) in [6.07, 6.45) is 3.61. The van der Waals surface area contributed by atoms with Gasteiger partial charge in [0.1, 0.15) is 11.9 Å². The van der Waals surface area contributed by atoms with E-state index in [1.54, 1.807) is 7.05 Å². The van der Waals surface area contributed by atoms with Gasteiger partial charge >= 0.3 is 6.09 Å². The van der Waals surface area contributed by atoms with E-state index in [2.05, 4.69) is 6.92 Å². The molecule has 0 aromatic carbocycles. The molecule has 1 aliphatic carbocycles. The van der Waals surface area contributed by atoms with Crippen LogP contribution in [0.3, 0.4) is 0 Å². The lowest BCUT2D eigenvalue weighted by atomic mass is 9.87. The number of amides is 1. The second-order valence-corrected chi connectivity index (χ2v) is 7.03. The van der Waals surface area contributed by atoms with Crippen molar-refractivity contribution in [2.24, 2.45) is 11.8 Å². The average molecular weight is 269 g/mol. The number of hydrogen-bond donors (Lipinski definition) is 0. The van der Waals surface area contributed by atoms with Gasteiger partial charge in [0, 0.05) is 7.05 Å². The molecule has 0 radical (unpaired) electrons. The number of likely N-dealkylation sites (N-methyl/N-ethyl adjacent to an activating group) is 1. The smallest absolute Gasteiger partial charge is 0.410 e. The Morgan fingerprint density at radius 2 is 1.89 bits per heavy atom. The third-order valence-electron chi connectivity index (χ3n) is 3.85. The highest BCUT2D eigenvalue weighted by atomic mass is 16.6. The van der Waals surface area contributed by atoms with Gasteiger partial charge in [-0.2, -0.15) is 0 Å². The average Bonchev–Trinajstić information content (AvgIpc) is 3.09. The third kappa shape index (κ3) is 4.51. The fourth-order valence-corrected chi connectivity index (χ4v) is 2.29. The normalized spacial score (nSPS) is 20.3. The number of nitrogens with zero attached hydrogens (tertiary/aromatic N) is 1. The van der Waals surface area contributed by atoms with Crippen LogP contribution in [0.15, 0.2) is 0 Å². The van der Waals surface area contributed by atoms with Crippen molar-refractivity contribution in [2.75, 3.05) is 7.05 Å². The largest absolute Gasteiger partial charge is 0.444 e. The van der Waals surface area contributed by atoms with E-state index >= 15 is 0 Å². The molecule has 2 atom stereocenters. The van der Waals surface area contributed by atoms with Crippen LogP contribution in [0.5, 0.6) is 0 Å². The number of carbonyl (C=O) groups is 2. The first-order valence-electron chi connectivity index (χ1n) is 7.02. The Hall–Kier alpha value is -1.06. The predicted octanol–water partition coefficient (Wildman–Crippen LogP) is 3.25. The number of ether oxygens (including phenoxy) is 1. The van der Waals surface area contributed by atoms with Gasteiger partial charge in [0.05, 0.1) is 5.54 Å². The van der Waals surface area contributed by atoms with Crippen LogP contribution in [-0.4, -0.2) is 35.5 Å². The first kappa shape index (κ1) is 16.0. The second kappa shape index (κ2) is 5.51. The van der Waals surface area contributed by atoms with Crippen molar-refractivity contribution in [3.05, 3.63) is 0 Å². The quantitative estimate of drug-likeness (QED) is 0.720. The molecular formula is C15H27NO3. The molecular weight excluding hydrogens is 242 g/mol. The first-order chi connectivity index (χ1) is 8.59.